The molecule has 0 fully saturated rings. The number of hydrogen-bond acceptors (Lipinski definition) is 5. The summed E-state index contributed by atoms with van der Waals surface area (Å²) in [7, 11) is 0. The molecule has 1 aliphatic heterocycles. The smallest absolute Gasteiger partial charge is 0.256 e. The highest BCUT2D eigenvalue weighted by atomic mass is 35.5. The molecule has 2 aromatic heterocycles. The van der Waals surface area contributed by atoms with Gasteiger partial charge in [0.05, 0.1) is 12.7 Å². The topological polar surface area (TPSA) is 71.8 Å². The zero-order valence-electron chi connectivity index (χ0n) is 15.6. The number of carbonyl (C=O) groups excluding carboxylic acids is 1. The molecule has 0 radical (unpaired) electrons. The predicted octanol–water partition coefficient (Wildman–Crippen LogP) is 3.58. The van der Waals surface area contributed by atoms with Crippen LogP contribution < -0.4 is 15.0 Å². The molecule has 1 atom stereocenters. The van der Waals surface area contributed by atoms with Gasteiger partial charge in [0, 0.05) is 12.2 Å². The lowest BCUT2D eigenvalue weighted by molar-refractivity contribution is 0.0933. The van der Waals surface area contributed by atoms with Gasteiger partial charge in [-0.2, -0.15) is 5.10 Å². The number of rotatable bonds is 1. The quantitative estimate of drug-likeness (QED) is 0.672. The van der Waals surface area contributed by atoms with E-state index in [0.29, 0.717) is 28.5 Å². The van der Waals surface area contributed by atoms with Crippen LogP contribution in [0.4, 0.5) is 15.9 Å². The van der Waals surface area contributed by atoms with Gasteiger partial charge in [0.1, 0.15) is 39.8 Å². The van der Waals surface area contributed by atoms with Crippen molar-refractivity contribution >= 4 is 34.7 Å². The second-order valence-corrected chi connectivity index (χ2v) is 7.30. The van der Waals surface area contributed by atoms with E-state index in [9.17, 15) is 9.18 Å². The van der Waals surface area contributed by atoms with Crippen molar-refractivity contribution in [2.45, 2.75) is 32.9 Å². The number of halogens is 2. The number of fused-ring (bicyclic) bond motifs is 2. The third-order valence-electron chi connectivity index (χ3n) is 4.51. The monoisotopic (exact) mass is 403 g/mol. The maximum absolute atomic E-state index is 14.3. The minimum Gasteiger partial charge on any atom is -0.487 e. The van der Waals surface area contributed by atoms with E-state index in [4.69, 9.17) is 16.3 Å². The van der Waals surface area contributed by atoms with Crippen LogP contribution in [0, 0.1) is 5.82 Å². The van der Waals surface area contributed by atoms with Gasteiger partial charge in [-0.15, -0.1) is 0 Å². The second-order valence-electron chi connectivity index (χ2n) is 6.92. The van der Waals surface area contributed by atoms with Gasteiger partial charge in [0.25, 0.3) is 5.91 Å². The highest BCUT2D eigenvalue weighted by Crippen LogP contribution is 2.42. The third kappa shape index (κ3) is 3.03. The molecule has 0 saturated heterocycles. The lowest BCUT2D eigenvalue weighted by Gasteiger charge is -2.31. The Labute approximate surface area is 166 Å². The van der Waals surface area contributed by atoms with E-state index in [2.05, 4.69) is 15.4 Å². The number of anilines is 2. The fraction of sp³-hybridized carbons (Fsp3) is 0.316. The van der Waals surface area contributed by atoms with Gasteiger partial charge in [-0.05, 0) is 39.0 Å². The second kappa shape index (κ2) is 6.94. The summed E-state index contributed by atoms with van der Waals surface area (Å²) in [4.78, 5) is 19.0. The molecule has 4 rings (SSSR count). The number of nitrogens with zero attached hydrogens (tertiary/aromatic N) is 4. The van der Waals surface area contributed by atoms with E-state index >= 15 is 0 Å². The molecule has 28 heavy (non-hydrogen) atoms. The molecular formula is C19H19ClFN5O2. The molecule has 2 bridgehead atoms. The minimum absolute atomic E-state index is 0.0464. The van der Waals surface area contributed by atoms with Gasteiger partial charge in [0.15, 0.2) is 5.65 Å². The normalized spacial score (nSPS) is 17.1. The van der Waals surface area contributed by atoms with E-state index in [1.54, 1.807) is 23.2 Å². The Balaban J connectivity index is 2.02. The van der Waals surface area contributed by atoms with Crippen LogP contribution in [0.3, 0.4) is 0 Å². The summed E-state index contributed by atoms with van der Waals surface area (Å²) in [6.45, 7) is 5.95. The Morgan fingerprint density at radius 3 is 2.89 bits per heavy atom. The van der Waals surface area contributed by atoms with Gasteiger partial charge in [-0.25, -0.2) is 13.9 Å². The van der Waals surface area contributed by atoms with Crippen molar-refractivity contribution in [2.24, 2.45) is 0 Å². The number of amides is 1. The summed E-state index contributed by atoms with van der Waals surface area (Å²) in [6, 6.07) is 4.43. The first-order valence-corrected chi connectivity index (χ1v) is 9.31. The number of ether oxygens (including phenoxy) is 1. The Hall–Kier alpha value is -2.87. The van der Waals surface area contributed by atoms with Crippen molar-refractivity contribution in [1.82, 2.24) is 19.9 Å². The molecule has 9 heteroatoms. The number of hydrogen-bond donors (Lipinski definition) is 1. The molecule has 7 nitrogen and oxygen atoms in total. The highest BCUT2D eigenvalue weighted by molar-refractivity contribution is 6.34. The van der Waals surface area contributed by atoms with Crippen molar-refractivity contribution in [3.05, 3.63) is 47.0 Å². The zero-order valence-corrected chi connectivity index (χ0v) is 16.4. The van der Waals surface area contributed by atoms with Crippen LogP contribution in [0.15, 0.2) is 30.6 Å². The van der Waals surface area contributed by atoms with E-state index < -0.39 is 5.82 Å². The summed E-state index contributed by atoms with van der Waals surface area (Å²) < 4.78 is 21.9. The molecule has 0 aliphatic carbocycles. The van der Waals surface area contributed by atoms with E-state index in [0.717, 1.165) is 0 Å². The maximum atomic E-state index is 14.3. The van der Waals surface area contributed by atoms with E-state index in [1.807, 2.05) is 20.8 Å². The van der Waals surface area contributed by atoms with Gasteiger partial charge in [-0.1, -0.05) is 11.6 Å². The lowest BCUT2D eigenvalue weighted by Crippen LogP contribution is -2.35. The molecule has 1 aliphatic rings. The molecule has 1 N–H and O–H groups in total. The largest absolute Gasteiger partial charge is 0.487 e. The molecule has 3 aromatic rings. The minimum atomic E-state index is -0.547. The zero-order chi connectivity index (χ0) is 20.0. The fourth-order valence-electron chi connectivity index (χ4n) is 3.22. The fourth-order valence-corrected chi connectivity index (χ4v) is 3.47. The van der Waals surface area contributed by atoms with Gasteiger partial charge in [-0.3, -0.25) is 4.79 Å². The number of benzene rings is 1. The van der Waals surface area contributed by atoms with Gasteiger partial charge >= 0.3 is 0 Å². The molecule has 0 spiro atoms. The van der Waals surface area contributed by atoms with E-state index in [-0.39, 0.29) is 29.6 Å². The predicted molar refractivity (Wildman–Crippen MR) is 104 cm³/mol. The Morgan fingerprint density at radius 1 is 1.36 bits per heavy atom. The summed E-state index contributed by atoms with van der Waals surface area (Å²) in [5.74, 6) is 0.0819. The summed E-state index contributed by atoms with van der Waals surface area (Å²) in [5.41, 5.74) is 1.15. The summed E-state index contributed by atoms with van der Waals surface area (Å²) >= 11 is 6.37. The van der Waals surface area contributed by atoms with Crippen LogP contribution in [-0.2, 0) is 0 Å². The Bertz CT molecular complexity index is 1070. The highest BCUT2D eigenvalue weighted by Gasteiger charge is 2.27. The van der Waals surface area contributed by atoms with Crippen molar-refractivity contribution in [1.29, 1.82) is 0 Å². The standard InChI is InChI=1S/C19H19ClFN5O2/c1-10(2)26-15-6-7-25-18(24-15)12(9-23-25)19(27)22-8-11(3)28-14-5-4-13(21)16(20)17(14)26/h4-7,9-11H,8H2,1-3H3,(H,22,27). The molecular weight excluding hydrogens is 385 g/mol. The first-order valence-electron chi connectivity index (χ1n) is 8.93. The summed E-state index contributed by atoms with van der Waals surface area (Å²) in [6.07, 6.45) is 2.81. The van der Waals surface area contributed by atoms with Crippen LogP contribution in [0.5, 0.6) is 5.75 Å². The lowest BCUT2D eigenvalue weighted by atomic mass is 10.2. The Morgan fingerprint density at radius 2 is 2.14 bits per heavy atom. The average molecular weight is 404 g/mol. The molecule has 1 amide bonds. The molecule has 0 saturated carbocycles. The number of carbonyl (C=O) groups is 1. The summed E-state index contributed by atoms with van der Waals surface area (Å²) in [5, 5.41) is 6.96. The number of nitrogens with one attached hydrogen (secondary N) is 1. The first kappa shape index (κ1) is 18.5. The SMILES string of the molecule is CC1CNC(=O)c2cnn3ccc(nc23)N(C(C)C)c2c(ccc(F)c2Cl)O1. The van der Waals surface area contributed by atoms with Crippen LogP contribution in [0.25, 0.3) is 5.65 Å². The molecule has 1 aromatic carbocycles. The maximum Gasteiger partial charge on any atom is 0.256 e. The van der Waals surface area contributed by atoms with E-state index in [1.165, 1.54) is 16.8 Å². The molecule has 146 valence electrons. The molecule has 3 heterocycles. The van der Waals surface area contributed by atoms with Crippen molar-refractivity contribution in [3.8, 4) is 5.75 Å². The van der Waals surface area contributed by atoms with Gasteiger partial charge < -0.3 is 15.0 Å². The van der Waals surface area contributed by atoms with Crippen molar-refractivity contribution < 1.29 is 13.9 Å². The average Bonchev–Trinajstić information content (AvgIpc) is 3.07. The van der Waals surface area contributed by atoms with Crippen LogP contribution in [0.1, 0.15) is 31.1 Å². The first-order chi connectivity index (χ1) is 13.4. The van der Waals surface area contributed by atoms with Gasteiger partial charge in [0.2, 0.25) is 0 Å². The third-order valence-corrected chi connectivity index (χ3v) is 4.87. The van der Waals surface area contributed by atoms with Crippen LogP contribution in [0.2, 0.25) is 5.02 Å². The van der Waals surface area contributed by atoms with Crippen LogP contribution in [-0.4, -0.2) is 39.2 Å². The number of aromatic nitrogens is 3. The Kier molecular flexibility index (Phi) is 4.58. The van der Waals surface area contributed by atoms with Crippen LogP contribution >= 0.6 is 11.6 Å². The molecule has 1 unspecified atom stereocenters. The van der Waals surface area contributed by atoms with Crippen molar-refractivity contribution in [3.63, 3.8) is 0 Å². The van der Waals surface area contributed by atoms with Crippen molar-refractivity contribution in [2.75, 3.05) is 11.4 Å².